The molecule has 20 heavy (non-hydrogen) atoms. The molecule has 0 bridgehead atoms. The number of carbonyl (C=O) groups excluding carboxylic acids is 1. The molecule has 0 spiro atoms. The first-order valence-corrected chi connectivity index (χ1v) is 7.11. The second-order valence-corrected chi connectivity index (χ2v) is 5.11. The van der Waals surface area contributed by atoms with Crippen molar-refractivity contribution in [1.29, 1.82) is 0 Å². The summed E-state index contributed by atoms with van der Waals surface area (Å²) in [4.78, 5) is 14.5. The largest absolute Gasteiger partial charge is 0.497 e. The zero-order valence-corrected chi connectivity index (χ0v) is 12.2. The molecule has 1 aromatic carbocycles. The standard InChI is InChI=1S/C15H23N3O2/c1-3-18(13-4-5-13)7-6-17-15(19)11-8-12(16)10-14(9-11)20-2/h8-10,13H,3-7,16H2,1-2H3,(H,17,19). The van der Waals surface area contributed by atoms with Crippen molar-refractivity contribution in [2.75, 3.05) is 32.5 Å². The molecular weight excluding hydrogens is 254 g/mol. The normalized spacial score (nSPS) is 14.3. The van der Waals surface area contributed by atoms with E-state index in [1.807, 2.05) is 0 Å². The van der Waals surface area contributed by atoms with E-state index in [1.165, 1.54) is 12.8 Å². The van der Waals surface area contributed by atoms with Gasteiger partial charge in [-0.3, -0.25) is 9.69 Å². The molecule has 0 unspecified atom stereocenters. The number of nitrogen functional groups attached to an aromatic ring is 1. The first-order chi connectivity index (χ1) is 9.63. The van der Waals surface area contributed by atoms with Gasteiger partial charge in [-0.25, -0.2) is 0 Å². The van der Waals surface area contributed by atoms with Crippen LogP contribution in [0.15, 0.2) is 18.2 Å². The van der Waals surface area contributed by atoms with E-state index in [9.17, 15) is 4.79 Å². The van der Waals surface area contributed by atoms with Crippen LogP contribution >= 0.6 is 0 Å². The fourth-order valence-corrected chi connectivity index (χ4v) is 2.32. The lowest BCUT2D eigenvalue weighted by atomic mass is 10.1. The van der Waals surface area contributed by atoms with Crippen LogP contribution in [0.4, 0.5) is 5.69 Å². The van der Waals surface area contributed by atoms with E-state index in [0.29, 0.717) is 23.5 Å². The van der Waals surface area contributed by atoms with Gasteiger partial charge in [0.15, 0.2) is 0 Å². The summed E-state index contributed by atoms with van der Waals surface area (Å²) in [5.74, 6) is 0.491. The second kappa shape index (κ2) is 6.61. The maximum Gasteiger partial charge on any atom is 0.251 e. The molecule has 0 saturated heterocycles. The molecular formula is C15H23N3O2. The molecule has 3 N–H and O–H groups in total. The predicted molar refractivity (Wildman–Crippen MR) is 80.0 cm³/mol. The van der Waals surface area contributed by atoms with Crippen LogP contribution in [0.1, 0.15) is 30.1 Å². The minimum atomic E-state index is -0.109. The Bertz CT molecular complexity index is 472. The van der Waals surface area contributed by atoms with Crippen LogP contribution in [0, 0.1) is 0 Å². The average molecular weight is 277 g/mol. The Morgan fingerprint density at radius 2 is 2.20 bits per heavy atom. The lowest BCUT2D eigenvalue weighted by Gasteiger charge is -2.19. The van der Waals surface area contributed by atoms with Crippen LogP contribution in [-0.4, -0.2) is 43.6 Å². The number of carbonyl (C=O) groups is 1. The number of anilines is 1. The van der Waals surface area contributed by atoms with Gasteiger partial charge in [0.25, 0.3) is 5.91 Å². The molecule has 1 amide bonds. The number of rotatable bonds is 7. The molecule has 2 rings (SSSR count). The highest BCUT2D eigenvalue weighted by Crippen LogP contribution is 2.25. The van der Waals surface area contributed by atoms with Gasteiger partial charge in [0.2, 0.25) is 0 Å². The fourth-order valence-electron chi connectivity index (χ4n) is 2.32. The number of likely N-dealkylation sites (N-methyl/N-ethyl adjacent to an activating group) is 1. The maximum atomic E-state index is 12.1. The summed E-state index contributed by atoms with van der Waals surface area (Å²) in [5, 5.41) is 2.93. The Kier molecular flexibility index (Phi) is 4.84. The molecule has 1 aliphatic carbocycles. The number of amides is 1. The molecule has 1 aliphatic rings. The Balaban J connectivity index is 1.86. The van der Waals surface area contributed by atoms with Crippen LogP contribution < -0.4 is 15.8 Å². The Morgan fingerprint density at radius 3 is 2.80 bits per heavy atom. The number of ether oxygens (including phenoxy) is 1. The van der Waals surface area contributed by atoms with E-state index in [4.69, 9.17) is 10.5 Å². The highest BCUT2D eigenvalue weighted by atomic mass is 16.5. The highest BCUT2D eigenvalue weighted by Gasteiger charge is 2.27. The number of hydrogen-bond acceptors (Lipinski definition) is 4. The number of nitrogens with two attached hydrogens (primary N) is 1. The van der Waals surface area contributed by atoms with Crippen molar-refractivity contribution in [3.63, 3.8) is 0 Å². The average Bonchev–Trinajstić information content (AvgIpc) is 3.27. The monoisotopic (exact) mass is 277 g/mol. The van der Waals surface area contributed by atoms with Crippen molar-refractivity contribution >= 4 is 11.6 Å². The molecule has 5 nitrogen and oxygen atoms in total. The van der Waals surface area contributed by atoms with Gasteiger partial charge in [-0.1, -0.05) is 6.92 Å². The van der Waals surface area contributed by atoms with E-state index >= 15 is 0 Å². The van der Waals surface area contributed by atoms with E-state index in [-0.39, 0.29) is 5.91 Å². The van der Waals surface area contributed by atoms with Crippen LogP contribution in [-0.2, 0) is 0 Å². The van der Waals surface area contributed by atoms with Crippen molar-refractivity contribution in [3.8, 4) is 5.75 Å². The minimum Gasteiger partial charge on any atom is -0.497 e. The van der Waals surface area contributed by atoms with Gasteiger partial charge in [0.1, 0.15) is 5.75 Å². The van der Waals surface area contributed by atoms with Gasteiger partial charge in [-0.05, 0) is 31.5 Å². The van der Waals surface area contributed by atoms with E-state index < -0.39 is 0 Å². The predicted octanol–water partition coefficient (Wildman–Crippen LogP) is 1.49. The third-order valence-corrected chi connectivity index (χ3v) is 3.58. The Hall–Kier alpha value is -1.75. The van der Waals surface area contributed by atoms with Gasteiger partial charge in [0.05, 0.1) is 7.11 Å². The lowest BCUT2D eigenvalue weighted by Crippen LogP contribution is -2.36. The number of methoxy groups -OCH3 is 1. The zero-order valence-electron chi connectivity index (χ0n) is 12.2. The van der Waals surface area contributed by atoms with E-state index in [2.05, 4.69) is 17.1 Å². The molecule has 110 valence electrons. The smallest absolute Gasteiger partial charge is 0.251 e. The van der Waals surface area contributed by atoms with Crippen LogP contribution in [0.5, 0.6) is 5.75 Å². The number of nitrogens with zero attached hydrogens (tertiary/aromatic N) is 1. The van der Waals surface area contributed by atoms with Gasteiger partial charge >= 0.3 is 0 Å². The van der Waals surface area contributed by atoms with Crippen molar-refractivity contribution in [3.05, 3.63) is 23.8 Å². The fraction of sp³-hybridized carbons (Fsp3) is 0.533. The molecule has 1 fully saturated rings. The maximum absolute atomic E-state index is 12.1. The molecule has 0 heterocycles. The molecule has 0 radical (unpaired) electrons. The van der Waals surface area contributed by atoms with Gasteiger partial charge in [-0.2, -0.15) is 0 Å². The van der Waals surface area contributed by atoms with Crippen LogP contribution in [0.25, 0.3) is 0 Å². The van der Waals surface area contributed by atoms with Gasteiger partial charge in [-0.15, -0.1) is 0 Å². The van der Waals surface area contributed by atoms with Crippen molar-refractivity contribution < 1.29 is 9.53 Å². The van der Waals surface area contributed by atoms with Gasteiger partial charge < -0.3 is 15.8 Å². The lowest BCUT2D eigenvalue weighted by molar-refractivity contribution is 0.0947. The topological polar surface area (TPSA) is 67.6 Å². The minimum absolute atomic E-state index is 0.109. The quantitative estimate of drug-likeness (QED) is 0.741. The molecule has 0 atom stereocenters. The summed E-state index contributed by atoms with van der Waals surface area (Å²) in [6.45, 7) is 4.74. The SMILES string of the molecule is CCN(CCNC(=O)c1cc(N)cc(OC)c1)C1CC1. The second-order valence-electron chi connectivity index (χ2n) is 5.11. The third-order valence-electron chi connectivity index (χ3n) is 3.58. The first kappa shape index (κ1) is 14.7. The number of nitrogens with one attached hydrogen (secondary N) is 1. The zero-order chi connectivity index (χ0) is 14.5. The van der Waals surface area contributed by atoms with Crippen molar-refractivity contribution in [1.82, 2.24) is 10.2 Å². The Morgan fingerprint density at radius 1 is 1.45 bits per heavy atom. The summed E-state index contributed by atoms with van der Waals surface area (Å²) >= 11 is 0. The molecule has 1 saturated carbocycles. The summed E-state index contributed by atoms with van der Waals surface area (Å²) in [7, 11) is 1.56. The molecule has 5 heteroatoms. The van der Waals surface area contributed by atoms with E-state index in [1.54, 1.807) is 25.3 Å². The first-order valence-electron chi connectivity index (χ1n) is 7.11. The van der Waals surface area contributed by atoms with Crippen molar-refractivity contribution in [2.24, 2.45) is 0 Å². The summed E-state index contributed by atoms with van der Waals surface area (Å²) in [6.07, 6.45) is 2.57. The number of hydrogen-bond donors (Lipinski definition) is 2. The van der Waals surface area contributed by atoms with Gasteiger partial charge in [0, 0.05) is 36.4 Å². The molecule has 1 aromatic rings. The third kappa shape index (κ3) is 3.87. The summed E-state index contributed by atoms with van der Waals surface area (Å²) in [6, 6.07) is 5.78. The highest BCUT2D eigenvalue weighted by molar-refractivity contribution is 5.95. The molecule has 0 aromatic heterocycles. The van der Waals surface area contributed by atoms with Crippen LogP contribution in [0.2, 0.25) is 0 Å². The number of benzene rings is 1. The summed E-state index contributed by atoms with van der Waals surface area (Å²) in [5.41, 5.74) is 6.82. The molecule has 0 aliphatic heterocycles. The van der Waals surface area contributed by atoms with E-state index in [0.717, 1.165) is 19.1 Å². The summed E-state index contributed by atoms with van der Waals surface area (Å²) < 4.78 is 5.12. The van der Waals surface area contributed by atoms with Crippen molar-refractivity contribution in [2.45, 2.75) is 25.8 Å². The van der Waals surface area contributed by atoms with Crippen LogP contribution in [0.3, 0.4) is 0 Å². The Labute approximate surface area is 120 Å².